The van der Waals surface area contributed by atoms with E-state index in [-0.39, 0.29) is 44.0 Å². The van der Waals surface area contributed by atoms with Gasteiger partial charge in [-0.2, -0.15) is 0 Å². The number of fused-ring (bicyclic) bond motifs is 5. The summed E-state index contributed by atoms with van der Waals surface area (Å²) < 4.78 is 33.0. The minimum absolute atomic E-state index is 0.0329. The fourth-order valence-corrected chi connectivity index (χ4v) is 9.49. The smallest absolute Gasteiger partial charge is 0.464 e. The predicted molar refractivity (Wildman–Crippen MR) is 186 cm³/mol. The first-order chi connectivity index (χ1) is 25.4. The van der Waals surface area contributed by atoms with Crippen LogP contribution >= 0.6 is 0 Å². The number of rotatable bonds is 14. The van der Waals surface area contributed by atoms with Crippen molar-refractivity contribution in [2.75, 3.05) is 19.8 Å². The van der Waals surface area contributed by atoms with Gasteiger partial charge in [-0.25, -0.2) is 14.0 Å². The van der Waals surface area contributed by atoms with E-state index in [1.54, 1.807) is 32.9 Å². The zero-order valence-electron chi connectivity index (χ0n) is 30.7. The Morgan fingerprint density at radius 3 is 2.44 bits per heavy atom. The van der Waals surface area contributed by atoms with Crippen molar-refractivity contribution in [1.82, 2.24) is 5.32 Å². The molecule has 15 nitrogen and oxygen atoms in total. The first-order valence-electron chi connectivity index (χ1n) is 18.1. The number of hydrogen-bond donors (Lipinski definition) is 3. The van der Waals surface area contributed by atoms with Crippen LogP contribution in [0.25, 0.3) is 0 Å². The Morgan fingerprint density at radius 2 is 1.78 bits per heavy atom. The maximum atomic E-state index is 17.4. The number of benzene rings is 1. The van der Waals surface area contributed by atoms with Crippen molar-refractivity contribution in [2.24, 2.45) is 28.6 Å². The van der Waals surface area contributed by atoms with Gasteiger partial charge in [-0.15, -0.1) is 10.1 Å². The van der Waals surface area contributed by atoms with Gasteiger partial charge in [0.15, 0.2) is 18.1 Å². The third-order valence-corrected chi connectivity index (χ3v) is 12.2. The standard InChI is InChI=1S/C38H47FN2O13/c1-22-17-29-28-12-9-25-19-26(43)13-14-35(25,3)37(28,39)31(44)20-36(29,4)38(22,48)32(45)21-52-34(47)54-27-10-7-24(8-11-27)18-30(40-23(2)42)33(46)51-15-5-6-16-53-41(49)50/h7-8,10-11,13-14,19,22,28-31,44,48H,5-6,9,12,15-18,20-21H2,1-4H3,(H,40,42)/t22-,28+,29+,30+,31+,35+,36+,37+,38+/m1/s1. The van der Waals surface area contributed by atoms with E-state index < -0.39 is 87.5 Å². The summed E-state index contributed by atoms with van der Waals surface area (Å²) in [5, 5.41) is 35.5. The number of nitrogens with one attached hydrogen (secondary N) is 1. The minimum atomic E-state index is -2.13. The largest absolute Gasteiger partial charge is 0.514 e. The van der Waals surface area contributed by atoms with Crippen molar-refractivity contribution in [2.45, 2.75) is 96.1 Å². The Balaban J connectivity index is 1.17. The third-order valence-electron chi connectivity index (χ3n) is 12.2. The molecule has 0 heterocycles. The number of unbranched alkanes of at least 4 members (excludes halogenated alkanes) is 1. The number of nitrogens with zero attached hydrogens (tertiary/aromatic N) is 1. The molecule has 5 rings (SSSR count). The zero-order valence-corrected chi connectivity index (χ0v) is 30.7. The van der Waals surface area contributed by atoms with E-state index in [2.05, 4.69) is 10.2 Å². The summed E-state index contributed by atoms with van der Waals surface area (Å²) in [4.78, 5) is 77.3. The van der Waals surface area contributed by atoms with Gasteiger partial charge in [0, 0.05) is 30.1 Å². The number of ether oxygens (including phenoxy) is 3. The number of carbonyl (C=O) groups is 5. The molecule has 54 heavy (non-hydrogen) atoms. The number of amides is 1. The Labute approximate surface area is 311 Å². The highest BCUT2D eigenvalue weighted by Gasteiger charge is 2.75. The van der Waals surface area contributed by atoms with Gasteiger partial charge in [0.25, 0.3) is 5.09 Å². The van der Waals surface area contributed by atoms with E-state index >= 15 is 4.39 Å². The number of alkyl halides is 1. The van der Waals surface area contributed by atoms with E-state index in [0.29, 0.717) is 36.8 Å². The van der Waals surface area contributed by atoms with Crippen molar-refractivity contribution in [1.29, 1.82) is 0 Å². The van der Waals surface area contributed by atoms with Crippen LogP contribution in [0.1, 0.15) is 71.8 Å². The molecular formula is C38H47FN2O13. The third kappa shape index (κ3) is 7.37. The fraction of sp³-hybridized carbons (Fsp3) is 0.605. The van der Waals surface area contributed by atoms with Crippen LogP contribution in [0.5, 0.6) is 5.75 Å². The lowest BCUT2D eigenvalue weighted by Crippen LogP contribution is -2.69. The van der Waals surface area contributed by atoms with Gasteiger partial charge < -0.3 is 34.6 Å². The van der Waals surface area contributed by atoms with Crippen LogP contribution in [-0.4, -0.2) is 88.1 Å². The molecule has 9 atom stereocenters. The second kappa shape index (κ2) is 15.6. The number of hydrogen-bond acceptors (Lipinski definition) is 13. The molecule has 0 spiro atoms. The number of halogens is 1. The van der Waals surface area contributed by atoms with Crippen molar-refractivity contribution in [3.63, 3.8) is 0 Å². The first-order valence-corrected chi connectivity index (χ1v) is 18.1. The van der Waals surface area contributed by atoms with Crippen molar-refractivity contribution < 1.29 is 62.7 Å². The van der Waals surface area contributed by atoms with Crippen molar-refractivity contribution >= 4 is 29.6 Å². The van der Waals surface area contributed by atoms with E-state index in [4.69, 9.17) is 14.2 Å². The molecule has 0 aliphatic heterocycles. The highest BCUT2D eigenvalue weighted by molar-refractivity contribution is 6.01. The molecular weight excluding hydrogens is 711 g/mol. The second-order valence-electron chi connectivity index (χ2n) is 15.3. The maximum Gasteiger partial charge on any atom is 0.514 e. The van der Waals surface area contributed by atoms with E-state index in [0.717, 1.165) is 0 Å². The minimum Gasteiger partial charge on any atom is -0.464 e. The molecule has 0 unspecified atom stereocenters. The molecule has 294 valence electrons. The molecule has 1 aromatic carbocycles. The summed E-state index contributed by atoms with van der Waals surface area (Å²) in [5.41, 5.74) is -5.44. The van der Waals surface area contributed by atoms with E-state index in [1.165, 1.54) is 37.3 Å². The van der Waals surface area contributed by atoms with Gasteiger partial charge in [0.05, 0.1) is 19.3 Å². The highest BCUT2D eigenvalue weighted by atomic mass is 19.1. The number of Topliss-reactive ketones (excluding diaryl/α,β-unsaturated/α-hetero) is 1. The molecule has 3 N–H and O–H groups in total. The van der Waals surface area contributed by atoms with Crippen LogP contribution in [0.3, 0.4) is 0 Å². The maximum absolute atomic E-state index is 17.4. The highest BCUT2D eigenvalue weighted by Crippen LogP contribution is 2.70. The van der Waals surface area contributed by atoms with Crippen molar-refractivity contribution in [3.05, 3.63) is 63.7 Å². The van der Waals surface area contributed by atoms with Crippen LogP contribution in [0.4, 0.5) is 9.18 Å². The zero-order chi connectivity index (χ0) is 39.6. The molecule has 0 aromatic heterocycles. The summed E-state index contributed by atoms with van der Waals surface area (Å²) in [6, 6.07) is 4.87. The molecule has 4 aliphatic rings. The Kier molecular flexibility index (Phi) is 11.7. The first kappa shape index (κ1) is 40.5. The summed E-state index contributed by atoms with van der Waals surface area (Å²) in [6.45, 7) is 5.29. The second-order valence-corrected chi connectivity index (χ2v) is 15.3. The van der Waals surface area contributed by atoms with Crippen molar-refractivity contribution in [3.8, 4) is 5.75 Å². The van der Waals surface area contributed by atoms with Crippen LogP contribution in [-0.2, 0) is 39.9 Å². The van der Waals surface area contributed by atoms with Crippen LogP contribution in [0.15, 0.2) is 48.1 Å². The van der Waals surface area contributed by atoms with Crippen LogP contribution < -0.4 is 10.1 Å². The molecule has 3 fully saturated rings. The summed E-state index contributed by atoms with van der Waals surface area (Å²) in [6.07, 6.45) is 3.01. The lowest BCUT2D eigenvalue weighted by Gasteiger charge is -2.62. The number of ketones is 2. The van der Waals surface area contributed by atoms with Gasteiger partial charge in [0.1, 0.15) is 17.4 Å². The molecule has 3 saturated carbocycles. The van der Waals surface area contributed by atoms with Crippen LogP contribution in [0, 0.1) is 38.7 Å². The lowest BCUT2D eigenvalue weighted by atomic mass is 9.44. The Hall–Kier alpha value is -4.70. The number of aliphatic hydroxyl groups excluding tert-OH is 1. The normalized spacial score (nSPS) is 32.9. The average molecular weight is 759 g/mol. The summed E-state index contributed by atoms with van der Waals surface area (Å²) >= 11 is 0. The summed E-state index contributed by atoms with van der Waals surface area (Å²) in [5.74, 6) is -4.01. The number of aliphatic hydroxyl groups is 2. The average Bonchev–Trinajstić information content (AvgIpc) is 3.31. The van der Waals surface area contributed by atoms with Crippen LogP contribution in [0.2, 0.25) is 0 Å². The SMILES string of the molecule is CC(=O)N[C@@H](Cc1ccc(OC(=O)OCC(=O)[C@@]2(O)[C@H](C)C[C@H]3[C@@H]4CCC5=CC(=O)C=C[C@]5(C)[C@@]4(F)[C@@H](O)C[C@@]32C)cc1)C(=O)OCCCCO[N+](=O)[O-]. The van der Waals surface area contributed by atoms with E-state index in [1.807, 2.05) is 0 Å². The molecule has 0 bridgehead atoms. The van der Waals surface area contributed by atoms with Gasteiger partial charge in [-0.05, 0) is 87.1 Å². The molecule has 4 aliphatic carbocycles. The quantitative estimate of drug-likeness (QED) is 0.0812. The fourth-order valence-electron chi connectivity index (χ4n) is 9.49. The molecule has 1 amide bonds. The number of allylic oxidation sites excluding steroid dienone is 4. The molecule has 0 radical (unpaired) electrons. The van der Waals surface area contributed by atoms with E-state index in [9.17, 15) is 44.3 Å². The lowest BCUT2D eigenvalue weighted by molar-refractivity contribution is -0.757. The molecule has 0 saturated heterocycles. The monoisotopic (exact) mass is 758 g/mol. The van der Waals surface area contributed by atoms with Gasteiger partial charge in [0.2, 0.25) is 11.7 Å². The Bertz CT molecular complexity index is 1730. The number of carbonyl (C=O) groups excluding carboxylic acids is 5. The van der Waals surface area contributed by atoms with Gasteiger partial charge in [-0.3, -0.25) is 14.4 Å². The summed E-state index contributed by atoms with van der Waals surface area (Å²) in [7, 11) is 0. The van der Waals surface area contributed by atoms with Gasteiger partial charge in [-0.1, -0.05) is 37.6 Å². The molecule has 1 aromatic rings. The topological polar surface area (TPSA) is 218 Å². The molecule has 16 heteroatoms. The number of esters is 1. The Morgan fingerprint density at radius 1 is 1.09 bits per heavy atom. The van der Waals surface area contributed by atoms with Gasteiger partial charge >= 0.3 is 12.1 Å². The predicted octanol–water partition coefficient (Wildman–Crippen LogP) is 3.70.